The molecule has 0 saturated carbocycles. The minimum absolute atomic E-state index is 0.0338. The molecule has 2 rings (SSSR count). The molecule has 2 aromatic rings. The summed E-state index contributed by atoms with van der Waals surface area (Å²) in [5.41, 5.74) is -0.773. The summed E-state index contributed by atoms with van der Waals surface area (Å²) in [5.74, 6) is -5.38. The lowest BCUT2D eigenvalue weighted by molar-refractivity contribution is -0.203. The molecule has 1 aromatic carbocycles. The average molecular weight is 604 g/mol. The first-order chi connectivity index (χ1) is 20.2. The molecule has 1 heterocycles. The Balaban J connectivity index is 2.94. The van der Waals surface area contributed by atoms with Crippen molar-refractivity contribution in [3.8, 4) is 11.1 Å². The molecule has 0 saturated heterocycles. The summed E-state index contributed by atoms with van der Waals surface area (Å²) >= 11 is 0. The van der Waals surface area contributed by atoms with Crippen molar-refractivity contribution in [1.29, 1.82) is 0 Å². The average Bonchev–Trinajstić information content (AvgIpc) is 2.92. The fourth-order valence-corrected chi connectivity index (χ4v) is 4.27. The van der Waals surface area contributed by atoms with E-state index in [2.05, 4.69) is 0 Å². The molecule has 0 aliphatic rings. The van der Waals surface area contributed by atoms with Crippen LogP contribution in [0, 0.1) is 0 Å². The molecule has 0 aliphatic heterocycles. The van der Waals surface area contributed by atoms with Crippen LogP contribution < -0.4 is 5.56 Å². The fraction of sp³-hybridized carbons (Fsp3) is 0.414. The van der Waals surface area contributed by atoms with Crippen molar-refractivity contribution >= 4 is 35.8 Å². The number of esters is 6. The number of rotatable bonds is 12. The van der Waals surface area contributed by atoms with Crippen molar-refractivity contribution in [3.05, 3.63) is 58.0 Å². The predicted octanol–water partition coefficient (Wildman–Crippen LogP) is 1.80. The van der Waals surface area contributed by atoms with E-state index in [1.54, 1.807) is 30.3 Å². The van der Waals surface area contributed by atoms with E-state index in [1.807, 2.05) is 0 Å². The Labute approximate surface area is 246 Å². The molecule has 0 aliphatic carbocycles. The molecular weight excluding hydrogens is 570 g/mol. The Bertz CT molecular complexity index is 1430. The number of carbonyl (C=O) groups excluding carboxylic acids is 6. The van der Waals surface area contributed by atoms with Gasteiger partial charge in [-0.15, -0.1) is 0 Å². The zero-order valence-electron chi connectivity index (χ0n) is 24.7. The van der Waals surface area contributed by atoms with Crippen LogP contribution in [0.2, 0.25) is 0 Å². The van der Waals surface area contributed by atoms with Crippen LogP contribution >= 0.6 is 0 Å². The third-order valence-electron chi connectivity index (χ3n) is 5.88. The van der Waals surface area contributed by atoms with E-state index in [0.29, 0.717) is 5.56 Å². The van der Waals surface area contributed by atoms with Crippen molar-refractivity contribution in [1.82, 2.24) is 4.57 Å². The number of ether oxygens (including phenoxy) is 6. The van der Waals surface area contributed by atoms with E-state index < -0.39 is 72.4 Å². The molecule has 0 fully saturated rings. The SMILES string of the molecule is COC(=O)c1cc([C@H](OC(C)=O)[C@@H](OC(C)=O)[C@H](OC(C)=O)[C@@H](COC(C)=O)OC(C)=O)n(C)c(=O)c1-c1ccccc1. The van der Waals surface area contributed by atoms with Crippen molar-refractivity contribution in [3.63, 3.8) is 0 Å². The lowest BCUT2D eigenvalue weighted by atomic mass is 9.95. The number of benzene rings is 1. The molecule has 4 atom stereocenters. The van der Waals surface area contributed by atoms with Crippen LogP contribution in [0.3, 0.4) is 0 Å². The van der Waals surface area contributed by atoms with E-state index in [1.165, 1.54) is 13.1 Å². The molecule has 1 aromatic heterocycles. The van der Waals surface area contributed by atoms with E-state index in [9.17, 15) is 33.6 Å². The van der Waals surface area contributed by atoms with Gasteiger partial charge in [0.2, 0.25) is 0 Å². The van der Waals surface area contributed by atoms with Crippen LogP contribution in [-0.4, -0.2) is 72.4 Å². The third-order valence-corrected chi connectivity index (χ3v) is 5.88. The van der Waals surface area contributed by atoms with Crippen molar-refractivity contribution in [2.24, 2.45) is 7.05 Å². The smallest absolute Gasteiger partial charge is 0.338 e. The minimum atomic E-state index is -1.80. The van der Waals surface area contributed by atoms with Gasteiger partial charge in [-0.25, -0.2) is 4.79 Å². The van der Waals surface area contributed by atoms with Gasteiger partial charge in [0.25, 0.3) is 5.56 Å². The second kappa shape index (κ2) is 15.3. The van der Waals surface area contributed by atoms with Crippen LogP contribution in [0.4, 0.5) is 0 Å². The maximum Gasteiger partial charge on any atom is 0.338 e. The van der Waals surface area contributed by atoms with Gasteiger partial charge in [0.05, 0.1) is 23.9 Å². The molecule has 14 heteroatoms. The number of aromatic nitrogens is 1. The van der Waals surface area contributed by atoms with Gasteiger partial charge in [-0.3, -0.25) is 28.8 Å². The van der Waals surface area contributed by atoms with Crippen LogP contribution in [-0.2, 0) is 59.4 Å². The summed E-state index contributed by atoms with van der Waals surface area (Å²) in [4.78, 5) is 87.2. The number of methoxy groups -OCH3 is 1. The Hall–Kier alpha value is -5.01. The Morgan fingerprint density at radius 1 is 0.744 bits per heavy atom. The number of pyridine rings is 1. The molecule has 0 spiro atoms. The lowest BCUT2D eigenvalue weighted by Crippen LogP contribution is -2.51. The van der Waals surface area contributed by atoms with E-state index in [4.69, 9.17) is 28.4 Å². The van der Waals surface area contributed by atoms with Gasteiger partial charge in [-0.05, 0) is 11.6 Å². The van der Waals surface area contributed by atoms with Crippen molar-refractivity contribution in [2.45, 2.75) is 59.0 Å². The first kappa shape index (κ1) is 34.2. The largest absolute Gasteiger partial charge is 0.465 e. The number of hydrogen-bond donors (Lipinski definition) is 0. The minimum Gasteiger partial charge on any atom is -0.465 e. The first-order valence-corrected chi connectivity index (χ1v) is 12.9. The van der Waals surface area contributed by atoms with Gasteiger partial charge >= 0.3 is 35.8 Å². The van der Waals surface area contributed by atoms with Gasteiger partial charge in [0, 0.05) is 41.7 Å². The monoisotopic (exact) mass is 603 g/mol. The Kier molecular flexibility index (Phi) is 12.2. The zero-order valence-corrected chi connectivity index (χ0v) is 24.7. The summed E-state index contributed by atoms with van der Waals surface area (Å²) in [6, 6.07) is 9.43. The van der Waals surface area contributed by atoms with Crippen LogP contribution in [0.1, 0.15) is 56.8 Å². The van der Waals surface area contributed by atoms with E-state index >= 15 is 0 Å². The molecule has 14 nitrogen and oxygen atoms in total. The fourth-order valence-electron chi connectivity index (χ4n) is 4.27. The molecule has 0 radical (unpaired) electrons. The summed E-state index contributed by atoms with van der Waals surface area (Å²) in [5, 5.41) is 0. The molecule has 0 amide bonds. The highest BCUT2D eigenvalue weighted by atomic mass is 16.6. The Morgan fingerprint density at radius 3 is 1.77 bits per heavy atom. The maximum absolute atomic E-state index is 13.8. The standard InChI is InChI=1S/C29H33NO13/c1-15(31)39-14-23(40-16(2)32)26(42-18(4)34)27(43-19(5)35)25(41-17(3)33)22-13-21(29(37)38-7)24(28(36)30(22)6)20-11-9-8-10-12-20/h8-13,23,25-27H,14H2,1-7H3/t23-,25+,26-,27-/m1/s1. The van der Waals surface area contributed by atoms with Gasteiger partial charge < -0.3 is 33.0 Å². The normalized spacial score (nSPS) is 13.4. The topological polar surface area (TPSA) is 180 Å². The highest BCUT2D eigenvalue weighted by Gasteiger charge is 2.46. The molecule has 0 unspecified atom stereocenters. The second-order valence-corrected chi connectivity index (χ2v) is 9.21. The summed E-state index contributed by atoms with van der Waals surface area (Å²) in [6.07, 6.45) is -6.87. The molecule has 43 heavy (non-hydrogen) atoms. The van der Waals surface area contributed by atoms with Crippen molar-refractivity contribution < 1.29 is 57.2 Å². The highest BCUT2D eigenvalue weighted by Crippen LogP contribution is 2.32. The molecule has 232 valence electrons. The quantitative estimate of drug-likeness (QED) is 0.253. The van der Waals surface area contributed by atoms with E-state index in [-0.39, 0.29) is 16.8 Å². The van der Waals surface area contributed by atoms with Crippen LogP contribution in [0.25, 0.3) is 11.1 Å². The predicted molar refractivity (Wildman–Crippen MR) is 146 cm³/mol. The first-order valence-electron chi connectivity index (χ1n) is 12.9. The molecular formula is C29H33NO13. The zero-order chi connectivity index (χ0) is 32.4. The van der Waals surface area contributed by atoms with Crippen LogP contribution in [0.15, 0.2) is 41.2 Å². The number of carbonyl (C=O) groups is 6. The summed E-state index contributed by atoms with van der Waals surface area (Å²) in [7, 11) is 2.42. The highest BCUT2D eigenvalue weighted by molar-refractivity contribution is 5.97. The molecule has 0 bridgehead atoms. The van der Waals surface area contributed by atoms with Gasteiger partial charge in [0.1, 0.15) is 6.61 Å². The van der Waals surface area contributed by atoms with Crippen LogP contribution in [0.5, 0.6) is 0 Å². The number of nitrogens with zero attached hydrogens (tertiary/aromatic N) is 1. The second-order valence-electron chi connectivity index (χ2n) is 9.21. The Morgan fingerprint density at radius 2 is 1.28 bits per heavy atom. The summed E-state index contributed by atoms with van der Waals surface area (Å²) in [6.45, 7) is 4.50. The van der Waals surface area contributed by atoms with Gasteiger partial charge in [0.15, 0.2) is 24.4 Å². The van der Waals surface area contributed by atoms with Gasteiger partial charge in [-0.2, -0.15) is 0 Å². The summed E-state index contributed by atoms with van der Waals surface area (Å²) < 4.78 is 32.6. The molecule has 0 N–H and O–H groups in total. The van der Waals surface area contributed by atoms with Gasteiger partial charge in [-0.1, -0.05) is 30.3 Å². The third kappa shape index (κ3) is 9.24. The lowest BCUT2D eigenvalue weighted by Gasteiger charge is -2.36. The maximum atomic E-state index is 13.8. The van der Waals surface area contributed by atoms with Crippen molar-refractivity contribution in [2.75, 3.05) is 13.7 Å². The van der Waals surface area contributed by atoms with E-state index in [0.717, 1.165) is 46.3 Å². The number of hydrogen-bond acceptors (Lipinski definition) is 13.